The van der Waals surface area contributed by atoms with Crippen LogP contribution in [0, 0.1) is 5.92 Å². The van der Waals surface area contributed by atoms with E-state index >= 15 is 0 Å². The molecule has 0 aliphatic carbocycles. The lowest BCUT2D eigenvalue weighted by Crippen LogP contribution is -2.56. The van der Waals surface area contributed by atoms with Gasteiger partial charge in [0.1, 0.15) is 5.54 Å². The van der Waals surface area contributed by atoms with Crippen molar-refractivity contribution in [2.24, 2.45) is 5.92 Å². The molecule has 7 heteroatoms. The Kier molecular flexibility index (Phi) is 5.04. The van der Waals surface area contributed by atoms with Crippen molar-refractivity contribution in [3.63, 3.8) is 0 Å². The lowest BCUT2D eigenvalue weighted by molar-refractivity contribution is -0.140. The Labute approximate surface area is 149 Å². The maximum absolute atomic E-state index is 13.1. The van der Waals surface area contributed by atoms with Crippen LogP contribution in [0.1, 0.15) is 46.5 Å². The number of urea groups is 1. The lowest BCUT2D eigenvalue weighted by Gasteiger charge is -2.39. The van der Waals surface area contributed by atoms with Gasteiger partial charge in [-0.15, -0.1) is 0 Å². The zero-order valence-corrected chi connectivity index (χ0v) is 15.6. The van der Waals surface area contributed by atoms with Gasteiger partial charge in [0.25, 0.3) is 5.91 Å². The quantitative estimate of drug-likeness (QED) is 0.772. The highest BCUT2D eigenvalue weighted by molar-refractivity contribution is 6.07. The first kappa shape index (κ1) is 18.2. The molecule has 3 rings (SSSR count). The minimum atomic E-state index is -0.729. The van der Waals surface area contributed by atoms with Crippen LogP contribution in [0.15, 0.2) is 0 Å². The minimum Gasteiger partial charge on any atom is -0.340 e. The van der Waals surface area contributed by atoms with E-state index in [2.05, 4.69) is 17.1 Å². The molecule has 3 saturated heterocycles. The van der Waals surface area contributed by atoms with Gasteiger partial charge in [-0.3, -0.25) is 14.5 Å². The van der Waals surface area contributed by atoms with Gasteiger partial charge >= 0.3 is 6.03 Å². The van der Waals surface area contributed by atoms with Crippen molar-refractivity contribution in [2.75, 3.05) is 32.7 Å². The zero-order chi connectivity index (χ0) is 18.2. The summed E-state index contributed by atoms with van der Waals surface area (Å²) >= 11 is 0. The van der Waals surface area contributed by atoms with Crippen LogP contribution >= 0.6 is 0 Å². The molecule has 0 saturated carbocycles. The molecule has 0 radical (unpaired) electrons. The highest BCUT2D eigenvalue weighted by Crippen LogP contribution is 2.32. The first-order valence-electron chi connectivity index (χ1n) is 9.55. The van der Waals surface area contributed by atoms with Crippen molar-refractivity contribution in [2.45, 2.75) is 58.0 Å². The average molecular weight is 350 g/mol. The van der Waals surface area contributed by atoms with Gasteiger partial charge in [0.2, 0.25) is 5.91 Å². The number of hydrogen-bond acceptors (Lipinski definition) is 4. The standard InChI is InChI=1S/C18H30N4O3/c1-4-20-10-7-18(8-11-20)16(24)22(17(25)19-18)14-6-5-9-21(12-14)15(23)13(2)3/h13-14H,4-12H2,1-3H3,(H,19,25)/t14-/m0/s1. The van der Waals surface area contributed by atoms with Gasteiger partial charge in [0.05, 0.1) is 6.04 Å². The summed E-state index contributed by atoms with van der Waals surface area (Å²) in [6, 6.07) is -0.480. The molecule has 3 fully saturated rings. The lowest BCUT2D eigenvalue weighted by atomic mass is 9.87. The molecule has 3 aliphatic heterocycles. The number of imide groups is 1. The van der Waals surface area contributed by atoms with Crippen LogP contribution in [0.2, 0.25) is 0 Å². The third kappa shape index (κ3) is 3.26. The van der Waals surface area contributed by atoms with Crippen molar-refractivity contribution >= 4 is 17.8 Å². The third-order valence-electron chi connectivity index (χ3n) is 5.92. The number of nitrogens with zero attached hydrogens (tertiary/aromatic N) is 3. The van der Waals surface area contributed by atoms with Crippen LogP contribution in [0.4, 0.5) is 4.79 Å². The van der Waals surface area contributed by atoms with Crippen LogP contribution in [0.25, 0.3) is 0 Å². The Bertz CT molecular complexity index is 555. The highest BCUT2D eigenvalue weighted by atomic mass is 16.2. The predicted octanol–water partition coefficient (Wildman–Crippen LogP) is 1.04. The van der Waals surface area contributed by atoms with Gasteiger partial charge in [-0.2, -0.15) is 0 Å². The first-order valence-corrected chi connectivity index (χ1v) is 9.55. The molecular weight excluding hydrogens is 320 g/mol. The fourth-order valence-corrected chi connectivity index (χ4v) is 4.29. The predicted molar refractivity (Wildman–Crippen MR) is 93.9 cm³/mol. The molecule has 25 heavy (non-hydrogen) atoms. The van der Waals surface area contributed by atoms with E-state index in [9.17, 15) is 14.4 Å². The largest absolute Gasteiger partial charge is 0.340 e. The number of rotatable bonds is 3. The first-order chi connectivity index (χ1) is 11.9. The van der Waals surface area contributed by atoms with Crippen LogP contribution in [0.3, 0.4) is 0 Å². The minimum absolute atomic E-state index is 0.0634. The van der Waals surface area contributed by atoms with E-state index in [-0.39, 0.29) is 29.8 Å². The second kappa shape index (κ2) is 6.94. The van der Waals surface area contributed by atoms with E-state index in [0.717, 1.165) is 32.5 Å². The maximum Gasteiger partial charge on any atom is 0.325 e. The number of hydrogen-bond donors (Lipinski definition) is 1. The summed E-state index contributed by atoms with van der Waals surface area (Å²) in [7, 11) is 0. The van der Waals surface area contributed by atoms with Crippen LogP contribution in [0.5, 0.6) is 0 Å². The number of likely N-dealkylation sites (tertiary alicyclic amines) is 2. The fourth-order valence-electron chi connectivity index (χ4n) is 4.29. The molecular formula is C18H30N4O3. The Morgan fingerprint density at radius 1 is 1.24 bits per heavy atom. The summed E-state index contributed by atoms with van der Waals surface area (Å²) in [6.07, 6.45) is 2.95. The van der Waals surface area contributed by atoms with E-state index in [1.165, 1.54) is 4.90 Å². The molecule has 1 N–H and O–H groups in total. The van der Waals surface area contributed by atoms with E-state index in [1.54, 1.807) is 0 Å². The molecule has 0 unspecified atom stereocenters. The van der Waals surface area contributed by atoms with Crippen molar-refractivity contribution in [3.05, 3.63) is 0 Å². The summed E-state index contributed by atoms with van der Waals surface area (Å²) in [6.45, 7) is 9.70. The van der Waals surface area contributed by atoms with E-state index in [1.807, 2.05) is 18.7 Å². The monoisotopic (exact) mass is 350 g/mol. The smallest absolute Gasteiger partial charge is 0.325 e. The zero-order valence-electron chi connectivity index (χ0n) is 15.6. The Hall–Kier alpha value is -1.63. The molecule has 1 atom stereocenters. The second-order valence-corrected chi connectivity index (χ2v) is 7.86. The molecule has 0 aromatic rings. The van der Waals surface area contributed by atoms with Crippen LogP contribution < -0.4 is 5.32 Å². The molecule has 1 spiro atoms. The van der Waals surface area contributed by atoms with Crippen molar-refractivity contribution in [1.82, 2.24) is 20.0 Å². The van der Waals surface area contributed by atoms with E-state index in [0.29, 0.717) is 25.9 Å². The number of piperidine rings is 2. The van der Waals surface area contributed by atoms with Crippen molar-refractivity contribution in [1.29, 1.82) is 0 Å². The van der Waals surface area contributed by atoms with Crippen molar-refractivity contribution < 1.29 is 14.4 Å². The van der Waals surface area contributed by atoms with Gasteiger partial charge in [-0.25, -0.2) is 4.79 Å². The normalized spacial score (nSPS) is 27.3. The summed E-state index contributed by atoms with van der Waals surface area (Å²) in [4.78, 5) is 43.5. The topological polar surface area (TPSA) is 73.0 Å². The number of carbonyl (C=O) groups excluding carboxylic acids is 3. The number of amides is 4. The van der Waals surface area contributed by atoms with Crippen LogP contribution in [-0.4, -0.2) is 76.8 Å². The summed E-state index contributed by atoms with van der Waals surface area (Å²) < 4.78 is 0. The van der Waals surface area contributed by atoms with E-state index in [4.69, 9.17) is 0 Å². The van der Waals surface area contributed by atoms with Gasteiger partial charge < -0.3 is 15.1 Å². The summed E-state index contributed by atoms with van der Waals surface area (Å²) in [5, 5.41) is 2.99. The Morgan fingerprint density at radius 2 is 1.92 bits per heavy atom. The molecule has 4 amide bonds. The highest BCUT2D eigenvalue weighted by Gasteiger charge is 2.54. The molecule has 7 nitrogen and oxygen atoms in total. The van der Waals surface area contributed by atoms with Crippen molar-refractivity contribution in [3.8, 4) is 0 Å². The Morgan fingerprint density at radius 3 is 2.52 bits per heavy atom. The van der Waals surface area contributed by atoms with Gasteiger partial charge in [-0.05, 0) is 32.2 Å². The summed E-state index contributed by atoms with van der Waals surface area (Å²) in [5.41, 5.74) is -0.729. The average Bonchev–Trinajstić information content (AvgIpc) is 2.85. The van der Waals surface area contributed by atoms with Gasteiger partial charge in [-0.1, -0.05) is 20.8 Å². The molecule has 0 aromatic carbocycles. The molecule has 0 bridgehead atoms. The Balaban J connectivity index is 1.71. The fraction of sp³-hybridized carbons (Fsp3) is 0.833. The number of carbonyl (C=O) groups is 3. The van der Waals surface area contributed by atoms with E-state index < -0.39 is 5.54 Å². The molecule has 3 heterocycles. The maximum atomic E-state index is 13.1. The SMILES string of the molecule is CCN1CCC2(CC1)NC(=O)N([C@H]1CCCN(C(=O)C(C)C)C1)C2=O. The molecule has 3 aliphatic rings. The van der Waals surface area contributed by atoms with Gasteiger partial charge in [0, 0.05) is 32.1 Å². The second-order valence-electron chi connectivity index (χ2n) is 7.86. The molecule has 0 aromatic heterocycles. The van der Waals surface area contributed by atoms with Gasteiger partial charge in [0.15, 0.2) is 0 Å². The summed E-state index contributed by atoms with van der Waals surface area (Å²) in [5.74, 6) is -0.0496. The third-order valence-corrected chi connectivity index (χ3v) is 5.92. The molecule has 140 valence electrons. The number of nitrogens with one attached hydrogen (secondary N) is 1. The van der Waals surface area contributed by atoms with Crippen LogP contribution in [-0.2, 0) is 9.59 Å².